The molecule has 1 heteroatoms. The van der Waals surface area contributed by atoms with Gasteiger partial charge < -0.3 is 4.90 Å². The van der Waals surface area contributed by atoms with Crippen LogP contribution in [0.3, 0.4) is 0 Å². The van der Waals surface area contributed by atoms with E-state index >= 15 is 0 Å². The Hall–Kier alpha value is -3.32. The van der Waals surface area contributed by atoms with Gasteiger partial charge >= 0.3 is 0 Å². The molecule has 30 heavy (non-hydrogen) atoms. The molecule has 0 amide bonds. The van der Waals surface area contributed by atoms with Crippen LogP contribution in [0.5, 0.6) is 0 Å². The van der Waals surface area contributed by atoms with Crippen molar-refractivity contribution in [3.05, 3.63) is 125 Å². The van der Waals surface area contributed by atoms with Crippen molar-refractivity contribution in [2.24, 2.45) is 0 Å². The number of hydrogen-bond donors (Lipinski definition) is 0. The summed E-state index contributed by atoms with van der Waals surface area (Å²) < 4.78 is 0. The van der Waals surface area contributed by atoms with Gasteiger partial charge in [0.1, 0.15) is 0 Å². The highest BCUT2D eigenvalue weighted by atomic mass is 15.2. The fourth-order valence-corrected chi connectivity index (χ4v) is 5.72. The van der Waals surface area contributed by atoms with Gasteiger partial charge in [0.05, 0.1) is 17.1 Å². The zero-order valence-electron chi connectivity index (χ0n) is 17.7. The molecule has 2 heterocycles. The summed E-state index contributed by atoms with van der Waals surface area (Å²) >= 11 is 0. The number of hydrogen-bond acceptors (Lipinski definition) is 1. The van der Waals surface area contributed by atoms with Crippen molar-refractivity contribution in [3.63, 3.8) is 0 Å². The monoisotopic (exact) mass is 387 g/mol. The van der Waals surface area contributed by atoms with Gasteiger partial charge in [-0.25, -0.2) is 0 Å². The van der Waals surface area contributed by atoms with Crippen LogP contribution in [0.2, 0.25) is 0 Å². The van der Waals surface area contributed by atoms with Gasteiger partial charge in [-0.3, -0.25) is 0 Å². The van der Waals surface area contributed by atoms with Crippen molar-refractivity contribution in [1.29, 1.82) is 0 Å². The van der Waals surface area contributed by atoms with Crippen LogP contribution in [-0.4, -0.2) is 0 Å². The molecule has 2 aliphatic rings. The number of rotatable bonds is 1. The molecule has 1 unspecified atom stereocenters. The standard InChI is InChI=1S/C29H25N/c1-28(2)21-14-7-9-18-25(21)30-26-19-10-8-15-22(26)29(3,20-12-5-4-6-13-20)24-17-11-16-23(28)27(24)30/h4-19H,1-3H3. The normalized spacial score (nSPS) is 20.2. The Kier molecular flexibility index (Phi) is 3.42. The van der Waals surface area contributed by atoms with Crippen LogP contribution in [0.1, 0.15) is 48.6 Å². The molecule has 0 N–H and O–H groups in total. The smallest absolute Gasteiger partial charge is 0.0547 e. The van der Waals surface area contributed by atoms with Gasteiger partial charge in [-0.15, -0.1) is 0 Å². The maximum atomic E-state index is 2.51. The zero-order chi connectivity index (χ0) is 20.5. The summed E-state index contributed by atoms with van der Waals surface area (Å²) in [6.07, 6.45) is 0. The number of benzene rings is 4. The highest BCUT2D eigenvalue weighted by Crippen LogP contribution is 2.61. The van der Waals surface area contributed by atoms with E-state index in [1.807, 2.05) is 0 Å². The molecule has 0 aromatic heterocycles. The van der Waals surface area contributed by atoms with Gasteiger partial charge in [-0.1, -0.05) is 98.8 Å². The van der Waals surface area contributed by atoms with Crippen molar-refractivity contribution in [1.82, 2.24) is 0 Å². The lowest BCUT2D eigenvalue weighted by atomic mass is 9.63. The van der Waals surface area contributed by atoms with Crippen LogP contribution < -0.4 is 4.90 Å². The number of fused-ring (bicyclic) bond motifs is 4. The summed E-state index contributed by atoms with van der Waals surface area (Å²) in [5.41, 5.74) is 10.5. The minimum Gasteiger partial charge on any atom is -0.309 e. The van der Waals surface area contributed by atoms with Gasteiger partial charge in [0, 0.05) is 10.8 Å². The Labute approximate surface area is 178 Å². The van der Waals surface area contributed by atoms with E-state index in [0.29, 0.717) is 0 Å². The molecular formula is C29H25N. The van der Waals surface area contributed by atoms with Crippen LogP contribution in [0.15, 0.2) is 97.1 Å². The van der Waals surface area contributed by atoms with Crippen LogP contribution in [0.4, 0.5) is 17.1 Å². The second kappa shape index (κ2) is 5.86. The first-order chi connectivity index (χ1) is 14.5. The zero-order valence-corrected chi connectivity index (χ0v) is 17.7. The molecule has 1 nitrogen and oxygen atoms in total. The highest BCUT2D eigenvalue weighted by molar-refractivity contribution is 5.93. The quantitative estimate of drug-likeness (QED) is 0.327. The molecule has 0 spiro atoms. The minimum atomic E-state index is -0.206. The first-order valence-electron chi connectivity index (χ1n) is 10.7. The van der Waals surface area contributed by atoms with Crippen LogP contribution >= 0.6 is 0 Å². The first-order valence-corrected chi connectivity index (χ1v) is 10.7. The fraction of sp³-hybridized carbons (Fsp3) is 0.172. The Morgan fingerprint density at radius 3 is 1.77 bits per heavy atom. The van der Waals surface area contributed by atoms with Gasteiger partial charge in [0.15, 0.2) is 0 Å². The molecule has 146 valence electrons. The second-order valence-corrected chi connectivity index (χ2v) is 9.19. The lowest BCUT2D eigenvalue weighted by Gasteiger charge is -2.50. The first kappa shape index (κ1) is 17.5. The van der Waals surface area contributed by atoms with Crippen molar-refractivity contribution in [2.45, 2.75) is 31.6 Å². The third-order valence-corrected chi connectivity index (χ3v) is 7.32. The van der Waals surface area contributed by atoms with Crippen molar-refractivity contribution in [2.75, 3.05) is 4.90 Å². The molecular weight excluding hydrogens is 362 g/mol. The van der Waals surface area contributed by atoms with E-state index in [-0.39, 0.29) is 10.8 Å². The van der Waals surface area contributed by atoms with E-state index in [9.17, 15) is 0 Å². The molecule has 2 aliphatic heterocycles. The predicted molar refractivity (Wildman–Crippen MR) is 125 cm³/mol. The number of nitrogens with zero attached hydrogens (tertiary/aromatic N) is 1. The SMILES string of the molecule is CC1(C)c2ccccc2N2c3ccccc3C(C)(c3ccccc3)c3cccc1c32. The molecule has 0 bridgehead atoms. The van der Waals surface area contributed by atoms with Crippen LogP contribution in [0.25, 0.3) is 0 Å². The van der Waals surface area contributed by atoms with E-state index in [4.69, 9.17) is 0 Å². The topological polar surface area (TPSA) is 3.24 Å². The average molecular weight is 388 g/mol. The summed E-state index contributed by atoms with van der Waals surface area (Å²) in [5.74, 6) is 0. The van der Waals surface area contributed by atoms with Gasteiger partial charge in [0.25, 0.3) is 0 Å². The summed E-state index contributed by atoms with van der Waals surface area (Å²) in [4.78, 5) is 2.51. The van der Waals surface area contributed by atoms with E-state index in [2.05, 4.69) is 123 Å². The summed E-state index contributed by atoms with van der Waals surface area (Å²) in [6, 6.07) is 35.7. The predicted octanol–water partition coefficient (Wildman–Crippen LogP) is 7.46. The molecule has 4 aromatic carbocycles. The van der Waals surface area contributed by atoms with E-state index in [1.165, 1.54) is 44.9 Å². The van der Waals surface area contributed by atoms with E-state index in [1.54, 1.807) is 0 Å². The maximum Gasteiger partial charge on any atom is 0.0547 e. The van der Waals surface area contributed by atoms with Gasteiger partial charge in [-0.05, 0) is 46.9 Å². The van der Waals surface area contributed by atoms with E-state index in [0.717, 1.165) is 0 Å². The largest absolute Gasteiger partial charge is 0.309 e. The van der Waals surface area contributed by atoms with E-state index < -0.39 is 0 Å². The molecule has 0 saturated heterocycles. The molecule has 0 saturated carbocycles. The third kappa shape index (κ3) is 2.02. The Morgan fingerprint density at radius 1 is 0.500 bits per heavy atom. The number of anilines is 3. The second-order valence-electron chi connectivity index (χ2n) is 9.19. The van der Waals surface area contributed by atoms with Crippen LogP contribution in [-0.2, 0) is 10.8 Å². The lowest BCUT2D eigenvalue weighted by Crippen LogP contribution is -2.39. The third-order valence-electron chi connectivity index (χ3n) is 7.32. The Morgan fingerprint density at radius 2 is 1.03 bits per heavy atom. The van der Waals surface area contributed by atoms with Gasteiger partial charge in [0.2, 0.25) is 0 Å². The summed E-state index contributed by atoms with van der Waals surface area (Å²) in [6.45, 7) is 7.11. The maximum absolute atomic E-state index is 2.51. The molecule has 0 aliphatic carbocycles. The van der Waals surface area contributed by atoms with Gasteiger partial charge in [-0.2, -0.15) is 0 Å². The fourth-order valence-electron chi connectivity index (χ4n) is 5.72. The van der Waals surface area contributed by atoms with Crippen molar-refractivity contribution >= 4 is 17.1 Å². The number of para-hydroxylation sites is 3. The van der Waals surface area contributed by atoms with Crippen molar-refractivity contribution < 1.29 is 0 Å². The summed E-state index contributed by atoms with van der Waals surface area (Å²) in [5, 5.41) is 0. The molecule has 0 fully saturated rings. The average Bonchev–Trinajstić information content (AvgIpc) is 2.79. The Balaban J connectivity index is 1.79. The highest BCUT2D eigenvalue weighted by Gasteiger charge is 2.47. The van der Waals surface area contributed by atoms with Crippen LogP contribution in [0, 0.1) is 0 Å². The summed E-state index contributed by atoms with van der Waals surface area (Å²) in [7, 11) is 0. The van der Waals surface area contributed by atoms with Crippen molar-refractivity contribution in [3.8, 4) is 0 Å². The molecule has 4 aromatic rings. The Bertz CT molecular complexity index is 1280. The molecule has 6 rings (SSSR count). The molecule has 1 atom stereocenters. The molecule has 0 radical (unpaired) electrons. The minimum absolute atomic E-state index is 0.0533. The lowest BCUT2D eigenvalue weighted by molar-refractivity contribution is 0.613.